The molecule has 1 N–H and O–H groups in total. The maximum atomic E-state index is 12.9. The first kappa shape index (κ1) is 20.2. The first-order valence-electron chi connectivity index (χ1n) is 10.0. The summed E-state index contributed by atoms with van der Waals surface area (Å²) in [7, 11) is 0. The predicted molar refractivity (Wildman–Crippen MR) is 120 cm³/mol. The average Bonchev–Trinajstić information content (AvgIpc) is 3.33. The van der Waals surface area contributed by atoms with Crippen LogP contribution in [0.5, 0.6) is 0 Å². The van der Waals surface area contributed by atoms with Crippen molar-refractivity contribution in [2.45, 2.75) is 50.9 Å². The van der Waals surface area contributed by atoms with E-state index in [0.717, 1.165) is 19.3 Å². The minimum atomic E-state index is -0.0215. The van der Waals surface area contributed by atoms with Crippen molar-refractivity contribution in [2.24, 2.45) is 5.92 Å². The molecule has 0 saturated carbocycles. The van der Waals surface area contributed by atoms with Gasteiger partial charge in [-0.3, -0.25) is 14.2 Å². The third-order valence-electron chi connectivity index (χ3n) is 5.26. The Morgan fingerprint density at radius 1 is 1.34 bits per heavy atom. The molecule has 152 valence electrons. The van der Waals surface area contributed by atoms with Crippen LogP contribution < -0.4 is 10.9 Å². The second kappa shape index (κ2) is 8.71. The number of rotatable bonds is 7. The van der Waals surface area contributed by atoms with E-state index in [1.807, 2.05) is 23.6 Å². The summed E-state index contributed by atoms with van der Waals surface area (Å²) in [6.07, 6.45) is 2.84. The van der Waals surface area contributed by atoms with E-state index >= 15 is 0 Å². The van der Waals surface area contributed by atoms with Gasteiger partial charge < -0.3 is 5.32 Å². The number of carbonyl (C=O) groups is 1. The fourth-order valence-corrected chi connectivity index (χ4v) is 5.31. The molecular weight excluding hydrogens is 402 g/mol. The Morgan fingerprint density at radius 3 is 3.00 bits per heavy atom. The molecule has 29 heavy (non-hydrogen) atoms. The zero-order valence-electron chi connectivity index (χ0n) is 16.7. The highest BCUT2D eigenvalue weighted by molar-refractivity contribution is 7.99. The minimum absolute atomic E-state index is 0.00159. The number of benzene rings is 1. The van der Waals surface area contributed by atoms with Crippen LogP contribution in [-0.4, -0.2) is 21.2 Å². The van der Waals surface area contributed by atoms with Crippen LogP contribution in [0.15, 0.2) is 45.7 Å². The van der Waals surface area contributed by atoms with Crippen LogP contribution in [0.2, 0.25) is 0 Å². The van der Waals surface area contributed by atoms with Crippen molar-refractivity contribution in [3.8, 4) is 0 Å². The van der Waals surface area contributed by atoms with E-state index in [1.54, 1.807) is 4.57 Å². The number of nitrogens with one attached hydrogen (secondary N) is 1. The van der Waals surface area contributed by atoms with Gasteiger partial charge in [-0.15, -0.1) is 11.3 Å². The monoisotopic (exact) mass is 427 g/mol. The van der Waals surface area contributed by atoms with Crippen molar-refractivity contribution in [1.29, 1.82) is 0 Å². The Labute approximate surface area is 178 Å². The lowest BCUT2D eigenvalue weighted by Gasteiger charge is -2.15. The van der Waals surface area contributed by atoms with Crippen LogP contribution in [0, 0.1) is 5.92 Å². The van der Waals surface area contributed by atoms with Gasteiger partial charge in [-0.05, 0) is 47.8 Å². The van der Waals surface area contributed by atoms with Gasteiger partial charge in [0.25, 0.3) is 5.56 Å². The number of carbonyl (C=O) groups excluding carboxylic acids is 1. The number of aromatic nitrogens is 2. The third kappa shape index (κ3) is 4.41. The van der Waals surface area contributed by atoms with Crippen LogP contribution in [-0.2, 0) is 17.8 Å². The van der Waals surface area contributed by atoms with Crippen LogP contribution in [0.1, 0.15) is 43.9 Å². The van der Waals surface area contributed by atoms with Crippen molar-refractivity contribution in [3.63, 3.8) is 0 Å². The molecule has 7 heteroatoms. The molecular formula is C22H25N3O2S2. The highest BCUT2D eigenvalue weighted by atomic mass is 32.2. The second-order valence-corrected chi connectivity index (χ2v) is 9.67. The van der Waals surface area contributed by atoms with Crippen molar-refractivity contribution in [3.05, 3.63) is 57.2 Å². The summed E-state index contributed by atoms with van der Waals surface area (Å²) in [5.41, 5.74) is 3.25. The number of fused-ring (bicyclic) bond motifs is 2. The lowest BCUT2D eigenvalue weighted by Crippen LogP contribution is -2.29. The second-order valence-electron chi connectivity index (χ2n) is 7.81. The van der Waals surface area contributed by atoms with Gasteiger partial charge in [0.2, 0.25) is 5.91 Å². The molecule has 1 aliphatic carbocycles. The molecule has 2 heterocycles. The van der Waals surface area contributed by atoms with E-state index in [9.17, 15) is 9.59 Å². The molecule has 0 bridgehead atoms. The Morgan fingerprint density at radius 2 is 2.17 bits per heavy atom. The summed E-state index contributed by atoms with van der Waals surface area (Å²) in [6.45, 7) is 4.90. The quantitative estimate of drug-likeness (QED) is 0.448. The number of hydrogen-bond acceptors (Lipinski definition) is 5. The minimum Gasteiger partial charge on any atom is -0.349 e. The molecule has 2 aromatic heterocycles. The molecule has 3 aromatic rings. The summed E-state index contributed by atoms with van der Waals surface area (Å²) in [4.78, 5) is 30.2. The standard InChI is InChI=1S/C22H25N3O2S2/c1-14(2)9-11-25-21(27)20-18(10-12-28-20)24-22(25)29-13-19(26)23-17-8-7-15-5-3-4-6-16(15)17/h3-6,10,12,14,17H,7-9,11,13H2,1-2H3,(H,23,26). The van der Waals surface area contributed by atoms with E-state index < -0.39 is 0 Å². The maximum absolute atomic E-state index is 12.9. The van der Waals surface area contributed by atoms with Gasteiger partial charge >= 0.3 is 0 Å². The molecule has 5 nitrogen and oxygen atoms in total. The molecule has 1 amide bonds. The number of hydrogen-bond donors (Lipinski definition) is 1. The SMILES string of the molecule is CC(C)CCn1c(SCC(=O)NC2CCc3ccccc32)nc2ccsc2c1=O. The topological polar surface area (TPSA) is 64.0 Å². The molecule has 1 unspecified atom stereocenters. The summed E-state index contributed by atoms with van der Waals surface area (Å²) >= 11 is 2.77. The third-order valence-corrected chi connectivity index (χ3v) is 7.13. The summed E-state index contributed by atoms with van der Waals surface area (Å²) in [6, 6.07) is 10.2. The summed E-state index contributed by atoms with van der Waals surface area (Å²) in [5.74, 6) is 0.721. The van der Waals surface area contributed by atoms with E-state index in [1.165, 1.54) is 34.2 Å². The Hall–Kier alpha value is -2.12. The molecule has 0 saturated heterocycles. The van der Waals surface area contributed by atoms with E-state index in [2.05, 4.69) is 36.3 Å². The van der Waals surface area contributed by atoms with Crippen molar-refractivity contribution >= 4 is 39.2 Å². The lowest BCUT2D eigenvalue weighted by atomic mass is 10.1. The molecule has 1 aliphatic rings. The van der Waals surface area contributed by atoms with Gasteiger partial charge in [-0.25, -0.2) is 4.98 Å². The zero-order valence-corrected chi connectivity index (χ0v) is 18.3. The number of thiophene rings is 1. The molecule has 4 rings (SSSR count). The Balaban J connectivity index is 1.48. The zero-order chi connectivity index (χ0) is 20.4. The highest BCUT2D eigenvalue weighted by Gasteiger charge is 2.23. The largest absolute Gasteiger partial charge is 0.349 e. The van der Waals surface area contributed by atoms with Crippen molar-refractivity contribution < 1.29 is 4.79 Å². The normalized spacial score (nSPS) is 15.8. The van der Waals surface area contributed by atoms with Gasteiger partial charge in [-0.2, -0.15) is 0 Å². The number of thioether (sulfide) groups is 1. The Kier molecular flexibility index (Phi) is 6.06. The molecule has 1 aromatic carbocycles. The van der Waals surface area contributed by atoms with Gasteiger partial charge in [0.15, 0.2) is 5.16 Å². The highest BCUT2D eigenvalue weighted by Crippen LogP contribution is 2.31. The van der Waals surface area contributed by atoms with Crippen LogP contribution in [0.25, 0.3) is 10.2 Å². The van der Waals surface area contributed by atoms with Crippen LogP contribution >= 0.6 is 23.1 Å². The maximum Gasteiger partial charge on any atom is 0.272 e. The molecule has 0 radical (unpaired) electrons. The first-order valence-corrected chi connectivity index (χ1v) is 11.9. The van der Waals surface area contributed by atoms with Crippen LogP contribution in [0.4, 0.5) is 0 Å². The number of aryl methyl sites for hydroxylation is 1. The molecule has 0 aliphatic heterocycles. The predicted octanol–water partition coefficient (Wildman–Crippen LogP) is 4.40. The Bertz CT molecular complexity index is 1090. The number of amides is 1. The smallest absolute Gasteiger partial charge is 0.272 e. The van der Waals surface area contributed by atoms with Crippen molar-refractivity contribution in [2.75, 3.05) is 5.75 Å². The van der Waals surface area contributed by atoms with Crippen LogP contribution in [0.3, 0.4) is 0 Å². The van der Waals surface area contributed by atoms with E-state index in [0.29, 0.717) is 27.8 Å². The van der Waals surface area contributed by atoms with Crippen molar-refractivity contribution in [1.82, 2.24) is 14.9 Å². The van der Waals surface area contributed by atoms with Gasteiger partial charge in [0.1, 0.15) is 4.70 Å². The fourth-order valence-electron chi connectivity index (χ4n) is 3.69. The molecule has 0 fully saturated rings. The van der Waals surface area contributed by atoms with Gasteiger partial charge in [-0.1, -0.05) is 49.9 Å². The fraction of sp³-hybridized carbons (Fsp3) is 0.409. The van der Waals surface area contributed by atoms with E-state index in [4.69, 9.17) is 0 Å². The van der Waals surface area contributed by atoms with Gasteiger partial charge in [0.05, 0.1) is 17.3 Å². The van der Waals surface area contributed by atoms with E-state index in [-0.39, 0.29) is 23.3 Å². The average molecular weight is 428 g/mol. The lowest BCUT2D eigenvalue weighted by molar-refractivity contribution is -0.119. The summed E-state index contributed by atoms with van der Waals surface area (Å²) in [5, 5.41) is 5.67. The number of nitrogens with zero attached hydrogens (tertiary/aromatic N) is 2. The first-order chi connectivity index (χ1) is 14.0. The van der Waals surface area contributed by atoms with Gasteiger partial charge in [0, 0.05) is 6.54 Å². The molecule has 0 spiro atoms. The summed E-state index contributed by atoms with van der Waals surface area (Å²) < 4.78 is 2.42. The molecule has 1 atom stereocenters.